The van der Waals surface area contributed by atoms with Crippen LogP contribution in [0.4, 0.5) is 5.95 Å². The van der Waals surface area contributed by atoms with Crippen molar-refractivity contribution < 1.29 is 28.0 Å². The van der Waals surface area contributed by atoms with Crippen LogP contribution in [0.25, 0.3) is 11.2 Å². The second-order valence-electron chi connectivity index (χ2n) is 6.85. The second-order valence-corrected chi connectivity index (χ2v) is 8.57. The van der Waals surface area contributed by atoms with Crippen molar-refractivity contribution in [3.63, 3.8) is 0 Å². The lowest BCUT2D eigenvalue weighted by atomic mass is 10.2. The topological polar surface area (TPSA) is 184 Å². The summed E-state index contributed by atoms with van der Waals surface area (Å²) in [4.78, 5) is 43.2. The number of hydrogen-bond donors (Lipinski definition) is 4. The third-order valence-corrected chi connectivity index (χ3v) is 5.77. The van der Waals surface area contributed by atoms with E-state index in [-0.39, 0.29) is 36.5 Å². The molecule has 3 unspecified atom stereocenters. The van der Waals surface area contributed by atoms with E-state index in [4.69, 9.17) is 31.1 Å². The summed E-state index contributed by atoms with van der Waals surface area (Å²) in [5.74, 6) is -0.416. The van der Waals surface area contributed by atoms with Gasteiger partial charge >= 0.3 is 7.82 Å². The van der Waals surface area contributed by atoms with Crippen LogP contribution in [0.15, 0.2) is 11.1 Å². The quantitative estimate of drug-likeness (QED) is 0.203. The Morgan fingerprint density at radius 2 is 2.26 bits per heavy atom. The zero-order valence-corrected chi connectivity index (χ0v) is 18.2. The molecular formula is C16H24ClN6O7P. The van der Waals surface area contributed by atoms with Crippen LogP contribution in [0.1, 0.15) is 31.9 Å². The minimum atomic E-state index is -4.23. The molecule has 0 bridgehead atoms. The standard InChI is InChI=1S/C16H24ClN6O7P/c17-7-11(24)19-5-1-2-6-28-31(26,27)29-8-10-3-4-12(30-10)23-9-20-13-14(23)21-16(18)22-15(13)25/h9-10,12H,1-8H2,(H,19,24)(H,26,27)(H3,18,21,22,25). The summed E-state index contributed by atoms with van der Waals surface area (Å²) in [5.41, 5.74) is 5.59. The number of H-pyrrole nitrogens is 1. The number of carbonyl (C=O) groups excluding carboxylic acids is 1. The molecule has 2 aromatic rings. The predicted molar refractivity (Wildman–Crippen MR) is 110 cm³/mol. The van der Waals surface area contributed by atoms with Gasteiger partial charge in [-0.05, 0) is 25.7 Å². The van der Waals surface area contributed by atoms with Crippen LogP contribution in [-0.4, -0.2) is 62.1 Å². The molecule has 15 heteroatoms. The molecule has 3 atom stereocenters. The van der Waals surface area contributed by atoms with Gasteiger partial charge in [0.15, 0.2) is 11.2 Å². The van der Waals surface area contributed by atoms with E-state index in [1.54, 1.807) is 4.57 Å². The molecule has 1 saturated heterocycles. The fourth-order valence-corrected chi connectivity index (χ4v) is 3.95. The number of phosphoric ester groups is 1. The van der Waals surface area contributed by atoms with Gasteiger partial charge in [0.1, 0.15) is 12.1 Å². The molecule has 1 aliphatic heterocycles. The Morgan fingerprint density at radius 1 is 1.45 bits per heavy atom. The third kappa shape index (κ3) is 6.48. The van der Waals surface area contributed by atoms with Crippen LogP contribution in [0.2, 0.25) is 0 Å². The Balaban J connectivity index is 1.43. The molecule has 0 radical (unpaired) electrons. The van der Waals surface area contributed by atoms with Crippen molar-refractivity contribution in [3.8, 4) is 0 Å². The molecule has 0 aromatic carbocycles. The van der Waals surface area contributed by atoms with E-state index in [2.05, 4.69) is 20.3 Å². The minimum absolute atomic E-state index is 0.00133. The van der Waals surface area contributed by atoms with Gasteiger partial charge in [0.2, 0.25) is 11.9 Å². The summed E-state index contributed by atoms with van der Waals surface area (Å²) in [7, 11) is -4.23. The number of nitrogens with two attached hydrogens (primary N) is 1. The fraction of sp³-hybridized carbons (Fsp3) is 0.625. The molecule has 0 spiro atoms. The van der Waals surface area contributed by atoms with Gasteiger partial charge in [0.05, 0.1) is 25.6 Å². The van der Waals surface area contributed by atoms with E-state index in [9.17, 15) is 19.0 Å². The van der Waals surface area contributed by atoms with Crippen LogP contribution in [0.3, 0.4) is 0 Å². The monoisotopic (exact) mass is 478 g/mol. The van der Waals surface area contributed by atoms with E-state index < -0.39 is 25.7 Å². The normalized spacial score (nSPS) is 20.7. The maximum absolute atomic E-state index is 12.0. The summed E-state index contributed by atoms with van der Waals surface area (Å²) in [5, 5.41) is 2.58. The molecule has 1 fully saturated rings. The van der Waals surface area contributed by atoms with Crippen LogP contribution in [0.5, 0.6) is 0 Å². The Morgan fingerprint density at radius 3 is 3.03 bits per heavy atom. The maximum atomic E-state index is 12.0. The van der Waals surface area contributed by atoms with Crippen molar-refractivity contribution >= 4 is 42.4 Å². The van der Waals surface area contributed by atoms with Gasteiger partial charge in [-0.25, -0.2) is 9.55 Å². The number of aromatic amines is 1. The van der Waals surface area contributed by atoms with Crippen molar-refractivity contribution in [2.45, 2.75) is 38.0 Å². The molecule has 2 aromatic heterocycles. The van der Waals surface area contributed by atoms with Gasteiger partial charge in [0, 0.05) is 6.54 Å². The number of hydrogen-bond acceptors (Lipinski definition) is 9. The molecule has 5 N–H and O–H groups in total. The number of unbranched alkanes of at least 4 members (excludes halogenated alkanes) is 1. The maximum Gasteiger partial charge on any atom is 0.472 e. The number of imidazole rings is 1. The highest BCUT2D eigenvalue weighted by molar-refractivity contribution is 7.47. The lowest BCUT2D eigenvalue weighted by Gasteiger charge is -2.17. The van der Waals surface area contributed by atoms with Crippen molar-refractivity contribution in [3.05, 3.63) is 16.7 Å². The molecule has 172 valence electrons. The average Bonchev–Trinajstić information content (AvgIpc) is 3.35. The van der Waals surface area contributed by atoms with Crippen LogP contribution in [0, 0.1) is 0 Å². The molecule has 31 heavy (non-hydrogen) atoms. The number of alkyl halides is 1. The van der Waals surface area contributed by atoms with Gasteiger partial charge < -0.3 is 20.7 Å². The fourth-order valence-electron chi connectivity index (χ4n) is 3.06. The van der Waals surface area contributed by atoms with Gasteiger partial charge in [-0.2, -0.15) is 4.98 Å². The Bertz CT molecular complexity index is 1010. The first-order valence-electron chi connectivity index (χ1n) is 9.61. The molecular weight excluding hydrogens is 455 g/mol. The highest BCUT2D eigenvalue weighted by atomic mass is 35.5. The van der Waals surface area contributed by atoms with E-state index in [0.717, 1.165) is 0 Å². The van der Waals surface area contributed by atoms with Crippen molar-refractivity contribution in [1.29, 1.82) is 0 Å². The van der Waals surface area contributed by atoms with E-state index >= 15 is 0 Å². The summed E-state index contributed by atoms with van der Waals surface area (Å²) in [6.45, 7) is 0.262. The Kier molecular flexibility index (Phi) is 8.03. The Hall–Kier alpha value is -2.02. The number of nitrogen functional groups attached to an aromatic ring is 1. The van der Waals surface area contributed by atoms with Gasteiger partial charge in [-0.3, -0.25) is 28.2 Å². The summed E-state index contributed by atoms with van der Waals surface area (Å²) in [6, 6.07) is 0. The first kappa shape index (κ1) is 23.6. The minimum Gasteiger partial charge on any atom is -0.369 e. The lowest BCUT2D eigenvalue weighted by molar-refractivity contribution is -0.118. The highest BCUT2D eigenvalue weighted by Crippen LogP contribution is 2.44. The molecule has 13 nitrogen and oxygen atoms in total. The number of nitrogens with one attached hydrogen (secondary N) is 2. The largest absolute Gasteiger partial charge is 0.472 e. The number of aromatic nitrogens is 4. The van der Waals surface area contributed by atoms with E-state index in [1.165, 1.54) is 6.33 Å². The number of amides is 1. The molecule has 3 rings (SSSR count). The zero-order chi connectivity index (χ0) is 22.4. The molecule has 1 aliphatic rings. The number of fused-ring (bicyclic) bond motifs is 1. The van der Waals surface area contributed by atoms with Crippen molar-refractivity contribution in [2.75, 3.05) is 31.4 Å². The molecule has 1 amide bonds. The summed E-state index contributed by atoms with van der Waals surface area (Å²) < 4.78 is 29.4. The number of halogens is 1. The number of nitrogens with zero attached hydrogens (tertiary/aromatic N) is 3. The summed E-state index contributed by atoms with van der Waals surface area (Å²) in [6.07, 6.45) is 2.68. The first-order chi connectivity index (χ1) is 14.8. The van der Waals surface area contributed by atoms with Gasteiger partial charge in [0.25, 0.3) is 5.56 Å². The van der Waals surface area contributed by atoms with E-state index in [0.29, 0.717) is 37.9 Å². The van der Waals surface area contributed by atoms with Gasteiger partial charge in [-0.15, -0.1) is 11.6 Å². The predicted octanol–water partition coefficient (Wildman–Crippen LogP) is 0.648. The second kappa shape index (κ2) is 10.5. The highest BCUT2D eigenvalue weighted by Gasteiger charge is 2.31. The Labute approximate surface area is 181 Å². The number of ether oxygens (including phenoxy) is 1. The zero-order valence-electron chi connectivity index (χ0n) is 16.5. The average molecular weight is 479 g/mol. The number of carbonyl (C=O) groups is 1. The van der Waals surface area contributed by atoms with Crippen molar-refractivity contribution in [2.24, 2.45) is 0 Å². The molecule has 0 aliphatic carbocycles. The number of phosphoric acid groups is 1. The van der Waals surface area contributed by atoms with Crippen LogP contribution >= 0.6 is 19.4 Å². The SMILES string of the molecule is Nc1nc2c(ncn2C2CCC(COP(=O)(O)OCCCCNC(=O)CCl)O2)c(=O)[nH]1. The molecule has 3 heterocycles. The van der Waals surface area contributed by atoms with Crippen LogP contribution in [-0.2, 0) is 23.1 Å². The van der Waals surface area contributed by atoms with Crippen molar-refractivity contribution in [1.82, 2.24) is 24.8 Å². The smallest absolute Gasteiger partial charge is 0.369 e. The third-order valence-electron chi connectivity index (χ3n) is 4.54. The van der Waals surface area contributed by atoms with Gasteiger partial charge in [-0.1, -0.05) is 0 Å². The first-order valence-corrected chi connectivity index (χ1v) is 11.6. The molecule has 0 saturated carbocycles. The van der Waals surface area contributed by atoms with E-state index in [1.807, 2.05) is 0 Å². The lowest BCUT2D eigenvalue weighted by Crippen LogP contribution is -2.25. The number of anilines is 1. The number of rotatable bonds is 11. The summed E-state index contributed by atoms with van der Waals surface area (Å²) >= 11 is 5.36. The van der Waals surface area contributed by atoms with Crippen LogP contribution < -0.4 is 16.6 Å².